The van der Waals surface area contributed by atoms with Gasteiger partial charge in [0.15, 0.2) is 0 Å². The summed E-state index contributed by atoms with van der Waals surface area (Å²) in [4.78, 5) is 13.2. The molecule has 0 atom stereocenters. The third-order valence-corrected chi connectivity index (χ3v) is 3.27. The number of nitrogens with zero attached hydrogens (tertiary/aromatic N) is 1. The van der Waals surface area contributed by atoms with Crippen LogP contribution in [0.2, 0.25) is 5.02 Å². The van der Waals surface area contributed by atoms with Crippen molar-refractivity contribution in [2.75, 3.05) is 12.4 Å². The van der Waals surface area contributed by atoms with Gasteiger partial charge in [-0.25, -0.2) is 0 Å². The van der Waals surface area contributed by atoms with E-state index in [1.807, 2.05) is 12.1 Å². The molecule has 1 aliphatic heterocycles. The minimum Gasteiger partial charge on any atom is -0.337 e. The van der Waals surface area contributed by atoms with Gasteiger partial charge in [0.25, 0.3) is 0 Å². The van der Waals surface area contributed by atoms with Crippen LogP contribution in [0.4, 0.5) is 0 Å². The molecule has 0 unspecified atom stereocenters. The quantitative estimate of drug-likeness (QED) is 0.695. The number of benzene rings is 1. The van der Waals surface area contributed by atoms with E-state index in [0.29, 0.717) is 6.54 Å². The van der Waals surface area contributed by atoms with Crippen LogP contribution in [0.1, 0.15) is 11.1 Å². The number of hydrogen-bond acceptors (Lipinski definition) is 1. The van der Waals surface area contributed by atoms with Crippen molar-refractivity contribution in [1.82, 2.24) is 4.90 Å². The Labute approximate surface area is 98.8 Å². The molecule has 0 aliphatic carbocycles. The third-order valence-electron chi connectivity index (χ3n) is 2.68. The number of fused-ring (bicyclic) bond motifs is 1. The van der Waals surface area contributed by atoms with Crippen molar-refractivity contribution in [3.63, 3.8) is 0 Å². The van der Waals surface area contributed by atoms with Gasteiger partial charge in [0.05, 0.1) is 0 Å². The molecule has 15 heavy (non-hydrogen) atoms. The van der Waals surface area contributed by atoms with Gasteiger partial charge in [-0.3, -0.25) is 4.79 Å². The highest BCUT2D eigenvalue weighted by Gasteiger charge is 2.21. The Morgan fingerprint density at radius 1 is 1.47 bits per heavy atom. The second kappa shape index (κ2) is 4.42. The highest BCUT2D eigenvalue weighted by atomic mass is 35.5. The number of carbonyl (C=O) groups is 1. The van der Waals surface area contributed by atoms with E-state index in [4.69, 9.17) is 23.2 Å². The molecule has 1 heterocycles. The Morgan fingerprint density at radius 2 is 2.27 bits per heavy atom. The van der Waals surface area contributed by atoms with Gasteiger partial charge in [0.2, 0.25) is 5.91 Å². The zero-order valence-corrected chi connectivity index (χ0v) is 9.68. The lowest BCUT2D eigenvalue weighted by Gasteiger charge is -2.28. The van der Waals surface area contributed by atoms with Crippen LogP contribution in [0.15, 0.2) is 18.2 Å². The lowest BCUT2D eigenvalue weighted by atomic mass is 10.00. The molecule has 0 spiro atoms. The van der Waals surface area contributed by atoms with Gasteiger partial charge in [-0.1, -0.05) is 23.7 Å². The molecule has 1 aromatic rings. The van der Waals surface area contributed by atoms with Crippen LogP contribution < -0.4 is 0 Å². The Morgan fingerprint density at radius 3 is 3.00 bits per heavy atom. The van der Waals surface area contributed by atoms with Crippen LogP contribution in [0, 0.1) is 0 Å². The molecular formula is C11H11Cl2NO. The fourth-order valence-corrected chi connectivity index (χ4v) is 2.26. The van der Waals surface area contributed by atoms with Crippen molar-refractivity contribution in [2.45, 2.75) is 13.0 Å². The summed E-state index contributed by atoms with van der Waals surface area (Å²) in [5.74, 6) is 0.0157. The average molecular weight is 244 g/mol. The molecule has 0 saturated heterocycles. The molecule has 80 valence electrons. The lowest BCUT2D eigenvalue weighted by Crippen LogP contribution is -2.36. The van der Waals surface area contributed by atoms with Crippen LogP contribution in [-0.2, 0) is 17.8 Å². The van der Waals surface area contributed by atoms with Crippen molar-refractivity contribution < 1.29 is 4.79 Å². The normalized spacial score (nSPS) is 14.9. The molecule has 0 fully saturated rings. The first-order chi connectivity index (χ1) is 7.22. The lowest BCUT2D eigenvalue weighted by molar-refractivity contribution is -0.129. The number of halogens is 2. The van der Waals surface area contributed by atoms with Gasteiger partial charge in [-0.05, 0) is 23.6 Å². The number of amides is 1. The summed E-state index contributed by atoms with van der Waals surface area (Å²) in [5, 5.41) is 0.736. The maximum absolute atomic E-state index is 11.4. The molecule has 2 nitrogen and oxygen atoms in total. The van der Waals surface area contributed by atoms with E-state index in [1.54, 1.807) is 4.90 Å². The summed E-state index contributed by atoms with van der Waals surface area (Å²) in [7, 11) is 0. The Bertz CT molecular complexity index is 392. The van der Waals surface area contributed by atoms with Crippen LogP contribution >= 0.6 is 23.2 Å². The van der Waals surface area contributed by atoms with Crippen molar-refractivity contribution in [1.29, 1.82) is 0 Å². The van der Waals surface area contributed by atoms with Crippen molar-refractivity contribution in [2.24, 2.45) is 0 Å². The van der Waals surface area contributed by atoms with E-state index in [2.05, 4.69) is 6.07 Å². The van der Waals surface area contributed by atoms with Gasteiger partial charge in [0, 0.05) is 18.1 Å². The molecular weight excluding hydrogens is 233 g/mol. The molecule has 1 aliphatic rings. The van der Waals surface area contributed by atoms with Gasteiger partial charge < -0.3 is 4.90 Å². The van der Waals surface area contributed by atoms with Gasteiger partial charge >= 0.3 is 0 Å². The molecule has 1 aromatic carbocycles. The molecule has 4 heteroatoms. The van der Waals surface area contributed by atoms with Crippen LogP contribution in [0.3, 0.4) is 0 Å². The monoisotopic (exact) mass is 243 g/mol. The maximum atomic E-state index is 11.4. The topological polar surface area (TPSA) is 20.3 Å². The van der Waals surface area contributed by atoms with Crippen LogP contribution in [-0.4, -0.2) is 23.2 Å². The summed E-state index contributed by atoms with van der Waals surface area (Å²) in [6.45, 7) is 1.32. The predicted molar refractivity (Wildman–Crippen MR) is 61.3 cm³/mol. The Kier molecular flexibility index (Phi) is 3.17. The molecule has 0 aromatic heterocycles. The standard InChI is InChI=1S/C11H11Cl2NO/c12-6-11(15)14-5-4-8-2-1-3-10(13)9(8)7-14/h1-3H,4-7H2. The van der Waals surface area contributed by atoms with Crippen molar-refractivity contribution >= 4 is 29.1 Å². The largest absolute Gasteiger partial charge is 0.337 e. The first kappa shape index (κ1) is 10.8. The van der Waals surface area contributed by atoms with E-state index < -0.39 is 0 Å². The van der Waals surface area contributed by atoms with Crippen LogP contribution in [0.25, 0.3) is 0 Å². The summed E-state index contributed by atoms with van der Waals surface area (Å²) in [5.41, 5.74) is 2.30. The summed E-state index contributed by atoms with van der Waals surface area (Å²) >= 11 is 11.6. The minimum absolute atomic E-state index is 0.0257. The number of rotatable bonds is 1. The Balaban J connectivity index is 2.26. The van der Waals surface area contributed by atoms with Crippen molar-refractivity contribution in [3.8, 4) is 0 Å². The minimum atomic E-state index is -0.0257. The summed E-state index contributed by atoms with van der Waals surface area (Å²) in [6.07, 6.45) is 0.860. The SMILES string of the molecule is O=C(CCl)N1CCc2cccc(Cl)c2C1. The highest BCUT2D eigenvalue weighted by molar-refractivity contribution is 6.31. The number of alkyl halides is 1. The average Bonchev–Trinajstić information content (AvgIpc) is 2.28. The zero-order valence-electron chi connectivity index (χ0n) is 8.17. The molecule has 0 bridgehead atoms. The second-order valence-corrected chi connectivity index (χ2v) is 4.25. The fourth-order valence-electron chi connectivity index (χ4n) is 1.84. The molecule has 1 amide bonds. The predicted octanol–water partition coefficient (Wildman–Crippen LogP) is 2.46. The van der Waals surface area contributed by atoms with E-state index in [9.17, 15) is 4.79 Å². The van der Waals surface area contributed by atoms with E-state index in [-0.39, 0.29) is 11.8 Å². The van der Waals surface area contributed by atoms with E-state index >= 15 is 0 Å². The Hall–Kier alpha value is -0.730. The summed E-state index contributed by atoms with van der Waals surface area (Å²) in [6, 6.07) is 5.86. The summed E-state index contributed by atoms with van der Waals surface area (Å²) < 4.78 is 0. The number of carbonyl (C=O) groups excluding carboxylic acids is 1. The van der Waals surface area contributed by atoms with Gasteiger partial charge in [-0.15, -0.1) is 11.6 Å². The maximum Gasteiger partial charge on any atom is 0.237 e. The highest BCUT2D eigenvalue weighted by Crippen LogP contribution is 2.26. The zero-order chi connectivity index (χ0) is 10.8. The third kappa shape index (κ3) is 2.11. The molecule has 0 N–H and O–H groups in total. The molecule has 2 rings (SSSR count). The fraction of sp³-hybridized carbons (Fsp3) is 0.364. The van der Waals surface area contributed by atoms with E-state index in [0.717, 1.165) is 23.6 Å². The van der Waals surface area contributed by atoms with Crippen molar-refractivity contribution in [3.05, 3.63) is 34.3 Å². The first-order valence-electron chi connectivity index (χ1n) is 4.82. The smallest absolute Gasteiger partial charge is 0.237 e. The molecule has 0 radical (unpaired) electrons. The number of hydrogen-bond donors (Lipinski definition) is 0. The first-order valence-corrected chi connectivity index (χ1v) is 5.73. The second-order valence-electron chi connectivity index (χ2n) is 3.58. The molecule has 0 saturated carbocycles. The van der Waals surface area contributed by atoms with Gasteiger partial charge in [0.1, 0.15) is 5.88 Å². The van der Waals surface area contributed by atoms with E-state index in [1.165, 1.54) is 5.56 Å². The van der Waals surface area contributed by atoms with Crippen LogP contribution in [0.5, 0.6) is 0 Å². The van der Waals surface area contributed by atoms with Gasteiger partial charge in [-0.2, -0.15) is 0 Å².